The third kappa shape index (κ3) is 4.36. The van der Waals surface area contributed by atoms with Gasteiger partial charge in [-0.25, -0.2) is 4.98 Å². The van der Waals surface area contributed by atoms with Crippen molar-refractivity contribution in [1.29, 1.82) is 0 Å². The Morgan fingerprint density at radius 2 is 2.16 bits per heavy atom. The van der Waals surface area contributed by atoms with E-state index in [2.05, 4.69) is 15.6 Å². The molecule has 0 radical (unpaired) electrons. The molecule has 1 aromatic heterocycles. The van der Waals surface area contributed by atoms with Crippen LogP contribution < -0.4 is 10.6 Å². The van der Waals surface area contributed by atoms with Crippen molar-refractivity contribution in [2.24, 2.45) is 0 Å². The molecule has 7 heteroatoms. The first-order valence-electron chi connectivity index (χ1n) is 6.10. The molecule has 0 amide bonds. The highest BCUT2D eigenvalue weighted by atomic mass is 16.6. The van der Waals surface area contributed by atoms with Crippen molar-refractivity contribution in [2.75, 3.05) is 30.8 Å². The summed E-state index contributed by atoms with van der Waals surface area (Å²) in [7, 11) is 1.71. The van der Waals surface area contributed by atoms with Gasteiger partial charge in [0, 0.05) is 26.3 Å². The van der Waals surface area contributed by atoms with Gasteiger partial charge in [-0.1, -0.05) is 0 Å². The quantitative estimate of drug-likeness (QED) is 0.582. The molecule has 0 fully saturated rings. The lowest BCUT2D eigenvalue weighted by Crippen LogP contribution is -2.33. The first-order valence-corrected chi connectivity index (χ1v) is 6.10. The summed E-state index contributed by atoms with van der Waals surface area (Å²) in [5.41, 5.74) is -0.466. The van der Waals surface area contributed by atoms with Crippen LogP contribution in [-0.2, 0) is 4.74 Å². The molecule has 1 rings (SSSR count). The Hall–Kier alpha value is -1.89. The second-order valence-corrected chi connectivity index (χ2v) is 4.62. The largest absolute Gasteiger partial charge is 0.374 e. The van der Waals surface area contributed by atoms with Crippen LogP contribution in [0.15, 0.2) is 12.1 Å². The van der Waals surface area contributed by atoms with Gasteiger partial charge in [-0.15, -0.1) is 0 Å². The number of aromatic nitrogens is 1. The molecule has 2 N–H and O–H groups in total. The second kappa shape index (κ2) is 6.33. The lowest BCUT2D eigenvalue weighted by atomic mass is 10.1. The summed E-state index contributed by atoms with van der Waals surface area (Å²) in [6.45, 7) is 6.75. The fourth-order valence-electron chi connectivity index (χ4n) is 1.61. The van der Waals surface area contributed by atoms with E-state index >= 15 is 0 Å². The Morgan fingerprint density at radius 1 is 1.47 bits per heavy atom. The average Bonchev–Trinajstić information content (AvgIpc) is 2.35. The summed E-state index contributed by atoms with van der Waals surface area (Å²) in [6, 6.07) is 2.99. The summed E-state index contributed by atoms with van der Waals surface area (Å²) >= 11 is 0. The van der Waals surface area contributed by atoms with Crippen LogP contribution in [0, 0.1) is 10.1 Å². The smallest absolute Gasteiger partial charge is 0.311 e. The maximum absolute atomic E-state index is 10.9. The van der Waals surface area contributed by atoms with E-state index < -0.39 is 10.5 Å². The first kappa shape index (κ1) is 15.2. The number of anilines is 2. The van der Waals surface area contributed by atoms with Crippen molar-refractivity contribution >= 4 is 17.3 Å². The van der Waals surface area contributed by atoms with Crippen LogP contribution in [0.25, 0.3) is 0 Å². The summed E-state index contributed by atoms with van der Waals surface area (Å²) in [4.78, 5) is 14.6. The number of hydrogen-bond donors (Lipinski definition) is 2. The molecular formula is C12H20N4O3. The molecular weight excluding hydrogens is 248 g/mol. The van der Waals surface area contributed by atoms with Gasteiger partial charge in [0.15, 0.2) is 0 Å². The van der Waals surface area contributed by atoms with Crippen LogP contribution in [0.1, 0.15) is 20.8 Å². The zero-order valence-corrected chi connectivity index (χ0v) is 11.7. The predicted molar refractivity (Wildman–Crippen MR) is 74.6 cm³/mol. The topological polar surface area (TPSA) is 89.3 Å². The lowest BCUT2D eigenvalue weighted by molar-refractivity contribution is -0.384. The van der Waals surface area contributed by atoms with Crippen molar-refractivity contribution in [1.82, 2.24) is 4.98 Å². The molecule has 0 spiro atoms. The molecule has 7 nitrogen and oxygen atoms in total. The van der Waals surface area contributed by atoms with Gasteiger partial charge in [-0.05, 0) is 26.8 Å². The third-order valence-corrected chi connectivity index (χ3v) is 2.54. The zero-order chi connectivity index (χ0) is 14.5. The van der Waals surface area contributed by atoms with Crippen LogP contribution in [0.5, 0.6) is 0 Å². The monoisotopic (exact) mass is 268 g/mol. The lowest BCUT2D eigenvalue weighted by Gasteiger charge is -2.25. The van der Waals surface area contributed by atoms with Crippen molar-refractivity contribution in [2.45, 2.75) is 26.4 Å². The molecule has 0 bridgehead atoms. The van der Waals surface area contributed by atoms with Gasteiger partial charge < -0.3 is 15.4 Å². The highest BCUT2D eigenvalue weighted by Gasteiger charge is 2.21. The highest BCUT2D eigenvalue weighted by Crippen LogP contribution is 2.24. The van der Waals surface area contributed by atoms with Crippen LogP contribution in [0.2, 0.25) is 0 Å². The Morgan fingerprint density at radius 3 is 2.68 bits per heavy atom. The molecule has 19 heavy (non-hydrogen) atoms. The van der Waals surface area contributed by atoms with E-state index in [1.165, 1.54) is 6.07 Å². The summed E-state index contributed by atoms with van der Waals surface area (Å²) in [5, 5.41) is 16.8. The molecule has 1 aromatic rings. The number of pyridine rings is 1. The normalized spacial score (nSPS) is 11.2. The molecule has 0 unspecified atom stereocenters. The number of nitro groups is 1. The molecule has 0 saturated heterocycles. The maximum atomic E-state index is 10.9. The third-order valence-electron chi connectivity index (χ3n) is 2.54. The maximum Gasteiger partial charge on any atom is 0.311 e. The fraction of sp³-hybridized carbons (Fsp3) is 0.583. The van der Waals surface area contributed by atoms with Gasteiger partial charge in [0.25, 0.3) is 0 Å². The van der Waals surface area contributed by atoms with Gasteiger partial charge in [0.1, 0.15) is 5.82 Å². The molecule has 1 heterocycles. The predicted octanol–water partition coefficient (Wildman–Crippen LogP) is 2.26. The average molecular weight is 268 g/mol. The Labute approximate surface area is 112 Å². The number of nitrogens with one attached hydrogen (secondary N) is 2. The van der Waals surface area contributed by atoms with E-state index in [1.807, 2.05) is 20.8 Å². The summed E-state index contributed by atoms with van der Waals surface area (Å²) in [5.74, 6) is 0.812. The second-order valence-electron chi connectivity index (χ2n) is 4.62. The SMILES string of the molecule is CCOC(C)(C)CNc1nc(NC)ccc1[N+](=O)[O-]. The van der Waals surface area contributed by atoms with Crippen molar-refractivity contribution in [3.63, 3.8) is 0 Å². The molecule has 106 valence electrons. The Kier molecular flexibility index (Phi) is 5.05. The Bertz CT molecular complexity index is 449. The van der Waals surface area contributed by atoms with E-state index in [9.17, 15) is 10.1 Å². The van der Waals surface area contributed by atoms with Gasteiger partial charge >= 0.3 is 5.69 Å². The molecule has 0 atom stereocenters. The minimum absolute atomic E-state index is 0.0497. The fourth-order valence-corrected chi connectivity index (χ4v) is 1.61. The number of rotatable bonds is 7. The van der Waals surface area contributed by atoms with E-state index in [-0.39, 0.29) is 11.5 Å². The molecule has 0 aliphatic rings. The van der Waals surface area contributed by atoms with Crippen LogP contribution in [0.3, 0.4) is 0 Å². The van der Waals surface area contributed by atoms with Crippen LogP contribution >= 0.6 is 0 Å². The summed E-state index contributed by atoms with van der Waals surface area (Å²) < 4.78 is 5.53. The standard InChI is InChI=1S/C12H20N4O3/c1-5-19-12(2,3)8-14-11-9(16(17)18)6-7-10(13-4)15-11/h6-7H,5,8H2,1-4H3,(H2,13,14,15). The van der Waals surface area contributed by atoms with Crippen molar-refractivity contribution in [3.05, 3.63) is 22.2 Å². The Balaban J connectivity index is 2.89. The molecule has 0 aliphatic heterocycles. The summed E-state index contributed by atoms with van der Waals surface area (Å²) in [6.07, 6.45) is 0. The van der Waals surface area contributed by atoms with E-state index in [0.29, 0.717) is 19.0 Å². The first-order chi connectivity index (χ1) is 8.89. The zero-order valence-electron chi connectivity index (χ0n) is 11.7. The number of nitrogens with zero attached hydrogens (tertiary/aromatic N) is 2. The van der Waals surface area contributed by atoms with Crippen molar-refractivity contribution < 1.29 is 9.66 Å². The minimum Gasteiger partial charge on any atom is -0.374 e. The minimum atomic E-state index is -0.456. The van der Waals surface area contributed by atoms with Crippen molar-refractivity contribution in [3.8, 4) is 0 Å². The van der Waals surface area contributed by atoms with Crippen LogP contribution in [-0.4, -0.2) is 35.7 Å². The van der Waals surface area contributed by atoms with E-state index in [0.717, 1.165) is 0 Å². The van der Waals surface area contributed by atoms with E-state index in [1.54, 1.807) is 13.1 Å². The van der Waals surface area contributed by atoms with Gasteiger partial charge in [-0.3, -0.25) is 10.1 Å². The molecule has 0 aromatic carbocycles. The highest BCUT2D eigenvalue weighted by molar-refractivity contribution is 5.60. The molecule has 0 aliphatic carbocycles. The van der Waals surface area contributed by atoms with E-state index in [4.69, 9.17) is 4.74 Å². The van der Waals surface area contributed by atoms with Gasteiger partial charge in [0.2, 0.25) is 5.82 Å². The van der Waals surface area contributed by atoms with Gasteiger partial charge in [-0.2, -0.15) is 0 Å². The molecule has 0 saturated carbocycles. The number of hydrogen-bond acceptors (Lipinski definition) is 6. The van der Waals surface area contributed by atoms with Gasteiger partial charge in [0.05, 0.1) is 10.5 Å². The van der Waals surface area contributed by atoms with Crippen LogP contribution in [0.4, 0.5) is 17.3 Å². The number of ether oxygens (including phenoxy) is 1.